The Bertz CT molecular complexity index is 734. The van der Waals surface area contributed by atoms with E-state index < -0.39 is 12.1 Å². The van der Waals surface area contributed by atoms with Gasteiger partial charge in [-0.15, -0.1) is 0 Å². The van der Waals surface area contributed by atoms with Crippen LogP contribution in [0.25, 0.3) is 0 Å². The van der Waals surface area contributed by atoms with E-state index in [1.807, 2.05) is 26.0 Å². The molecule has 1 heterocycles. The average Bonchev–Trinajstić information content (AvgIpc) is 2.76. The van der Waals surface area contributed by atoms with Gasteiger partial charge in [-0.1, -0.05) is 26.3 Å². The van der Waals surface area contributed by atoms with E-state index >= 15 is 0 Å². The van der Waals surface area contributed by atoms with Gasteiger partial charge in [-0.25, -0.2) is 4.79 Å². The van der Waals surface area contributed by atoms with Crippen molar-refractivity contribution in [3.63, 3.8) is 0 Å². The third kappa shape index (κ3) is 5.47. The first-order valence-corrected chi connectivity index (χ1v) is 10.2. The molecule has 3 amide bonds. The number of carbonyl (C=O) groups is 2. The third-order valence-corrected chi connectivity index (χ3v) is 5.64. The van der Waals surface area contributed by atoms with E-state index in [0.717, 1.165) is 12.0 Å². The molecular weight excluding hydrogens is 388 g/mol. The normalized spacial score (nSPS) is 16.5. The SMILES string of the molecule is CC[C@H](C)[C@H](NC(N)=O)C(=O)N1CCN(Cc2ccc(OC)c(OC)c2OC)CC1. The first-order valence-electron chi connectivity index (χ1n) is 10.2. The standard InChI is InChI=1S/C21H34N4O5/c1-6-14(2)17(23-21(22)27)20(26)25-11-9-24(10-12-25)13-15-7-8-16(28-3)19(30-5)18(15)29-4/h7-8,14,17H,6,9-13H2,1-5H3,(H3,22,23,27)/t14-,17-/m0/s1. The smallest absolute Gasteiger partial charge is 0.312 e. The number of urea groups is 1. The van der Waals surface area contributed by atoms with E-state index in [9.17, 15) is 9.59 Å². The average molecular weight is 423 g/mol. The van der Waals surface area contributed by atoms with Crippen molar-refractivity contribution >= 4 is 11.9 Å². The molecule has 0 radical (unpaired) electrons. The van der Waals surface area contributed by atoms with E-state index in [4.69, 9.17) is 19.9 Å². The fraction of sp³-hybridized carbons (Fsp3) is 0.619. The Balaban J connectivity index is 2.04. The van der Waals surface area contributed by atoms with Crippen molar-refractivity contribution in [3.8, 4) is 17.2 Å². The zero-order valence-electron chi connectivity index (χ0n) is 18.6. The molecule has 9 nitrogen and oxygen atoms in total. The van der Waals surface area contributed by atoms with Gasteiger partial charge in [0.2, 0.25) is 11.7 Å². The molecule has 168 valence electrons. The van der Waals surface area contributed by atoms with Gasteiger partial charge in [0.1, 0.15) is 6.04 Å². The number of piperazine rings is 1. The summed E-state index contributed by atoms with van der Waals surface area (Å²) in [6.45, 7) is 7.20. The number of hydrogen-bond acceptors (Lipinski definition) is 6. The number of methoxy groups -OCH3 is 3. The second-order valence-electron chi connectivity index (χ2n) is 7.47. The predicted octanol–water partition coefficient (Wildman–Crippen LogP) is 1.44. The molecule has 1 saturated heterocycles. The summed E-state index contributed by atoms with van der Waals surface area (Å²) in [6, 6.07) is 2.56. The molecule has 1 fully saturated rings. The molecule has 0 unspecified atom stereocenters. The lowest BCUT2D eigenvalue weighted by Crippen LogP contribution is -2.57. The minimum absolute atomic E-state index is 0.0130. The van der Waals surface area contributed by atoms with Crippen LogP contribution < -0.4 is 25.3 Å². The summed E-state index contributed by atoms with van der Waals surface area (Å²) in [5.41, 5.74) is 6.26. The topological polar surface area (TPSA) is 106 Å². The van der Waals surface area contributed by atoms with E-state index in [0.29, 0.717) is 50.0 Å². The highest BCUT2D eigenvalue weighted by Crippen LogP contribution is 2.40. The molecule has 2 rings (SSSR count). The number of hydrogen-bond donors (Lipinski definition) is 2. The summed E-state index contributed by atoms with van der Waals surface area (Å²) in [5.74, 6) is 1.77. The molecule has 3 N–H and O–H groups in total. The monoisotopic (exact) mass is 422 g/mol. The summed E-state index contributed by atoms with van der Waals surface area (Å²) >= 11 is 0. The number of ether oxygens (including phenoxy) is 3. The van der Waals surface area contributed by atoms with Crippen molar-refractivity contribution < 1.29 is 23.8 Å². The Hall–Kier alpha value is -2.68. The van der Waals surface area contributed by atoms with E-state index in [-0.39, 0.29) is 11.8 Å². The fourth-order valence-electron chi connectivity index (χ4n) is 3.69. The summed E-state index contributed by atoms with van der Waals surface area (Å²) < 4.78 is 16.4. The zero-order chi connectivity index (χ0) is 22.3. The highest BCUT2D eigenvalue weighted by atomic mass is 16.5. The van der Waals surface area contributed by atoms with Crippen molar-refractivity contribution in [2.45, 2.75) is 32.9 Å². The molecular formula is C21H34N4O5. The van der Waals surface area contributed by atoms with Crippen LogP contribution >= 0.6 is 0 Å². The molecule has 2 atom stereocenters. The Labute approximate surface area is 178 Å². The summed E-state index contributed by atoms with van der Waals surface area (Å²) in [6.07, 6.45) is 0.774. The minimum Gasteiger partial charge on any atom is -0.493 e. The molecule has 0 aliphatic carbocycles. The largest absolute Gasteiger partial charge is 0.493 e. The lowest BCUT2D eigenvalue weighted by Gasteiger charge is -2.37. The summed E-state index contributed by atoms with van der Waals surface area (Å²) in [5, 5.41) is 2.61. The molecule has 1 aliphatic rings. The maximum absolute atomic E-state index is 12.9. The highest BCUT2D eigenvalue weighted by molar-refractivity contribution is 5.87. The highest BCUT2D eigenvalue weighted by Gasteiger charge is 2.31. The maximum Gasteiger partial charge on any atom is 0.312 e. The summed E-state index contributed by atoms with van der Waals surface area (Å²) in [7, 11) is 4.79. The fourth-order valence-corrected chi connectivity index (χ4v) is 3.69. The third-order valence-electron chi connectivity index (χ3n) is 5.64. The Morgan fingerprint density at radius 3 is 2.20 bits per heavy atom. The molecule has 0 saturated carbocycles. The Kier molecular flexibility index (Phi) is 8.58. The predicted molar refractivity (Wildman–Crippen MR) is 114 cm³/mol. The molecule has 1 aromatic carbocycles. The van der Waals surface area contributed by atoms with Gasteiger partial charge in [-0.2, -0.15) is 0 Å². The molecule has 0 aromatic heterocycles. The van der Waals surface area contributed by atoms with Gasteiger partial charge in [0, 0.05) is 38.3 Å². The number of benzene rings is 1. The number of amides is 3. The van der Waals surface area contributed by atoms with E-state index in [1.54, 1.807) is 26.2 Å². The van der Waals surface area contributed by atoms with E-state index in [2.05, 4.69) is 10.2 Å². The van der Waals surface area contributed by atoms with Gasteiger partial charge in [0.05, 0.1) is 21.3 Å². The van der Waals surface area contributed by atoms with Crippen LogP contribution in [-0.4, -0.2) is 75.3 Å². The number of nitrogens with one attached hydrogen (secondary N) is 1. The van der Waals surface area contributed by atoms with Crippen molar-refractivity contribution in [2.24, 2.45) is 11.7 Å². The van der Waals surface area contributed by atoms with Gasteiger partial charge in [0.25, 0.3) is 0 Å². The number of nitrogens with two attached hydrogens (primary N) is 1. The lowest BCUT2D eigenvalue weighted by atomic mass is 9.97. The first-order chi connectivity index (χ1) is 14.4. The second kappa shape index (κ2) is 10.9. The Morgan fingerprint density at radius 1 is 1.07 bits per heavy atom. The number of carbonyl (C=O) groups excluding carboxylic acids is 2. The second-order valence-corrected chi connectivity index (χ2v) is 7.47. The van der Waals surface area contributed by atoms with E-state index in [1.165, 1.54) is 0 Å². The van der Waals surface area contributed by atoms with Gasteiger partial charge < -0.3 is 30.2 Å². The van der Waals surface area contributed by atoms with Crippen LogP contribution in [0.3, 0.4) is 0 Å². The van der Waals surface area contributed by atoms with Gasteiger partial charge >= 0.3 is 6.03 Å². The lowest BCUT2D eigenvalue weighted by molar-refractivity contribution is -0.136. The molecule has 30 heavy (non-hydrogen) atoms. The van der Waals surface area contributed by atoms with Crippen LogP contribution in [0.5, 0.6) is 17.2 Å². The van der Waals surface area contributed by atoms with Crippen molar-refractivity contribution in [2.75, 3.05) is 47.5 Å². The molecule has 1 aliphatic heterocycles. The van der Waals surface area contributed by atoms with Crippen molar-refractivity contribution in [1.82, 2.24) is 15.1 Å². The van der Waals surface area contributed by atoms with Crippen molar-refractivity contribution in [1.29, 1.82) is 0 Å². The number of nitrogens with zero attached hydrogens (tertiary/aromatic N) is 2. The minimum atomic E-state index is -0.673. The van der Waals surface area contributed by atoms with Gasteiger partial charge in [-0.3, -0.25) is 9.69 Å². The van der Waals surface area contributed by atoms with Crippen molar-refractivity contribution in [3.05, 3.63) is 17.7 Å². The van der Waals surface area contributed by atoms with Crippen LogP contribution in [0.1, 0.15) is 25.8 Å². The van der Waals surface area contributed by atoms with Crippen LogP contribution in [0.15, 0.2) is 12.1 Å². The molecule has 1 aromatic rings. The number of rotatable bonds is 9. The Morgan fingerprint density at radius 2 is 1.70 bits per heavy atom. The van der Waals surface area contributed by atoms with Crippen LogP contribution in [0.4, 0.5) is 4.79 Å². The van der Waals surface area contributed by atoms with Crippen LogP contribution in [0.2, 0.25) is 0 Å². The summed E-state index contributed by atoms with van der Waals surface area (Å²) in [4.78, 5) is 28.3. The molecule has 0 spiro atoms. The maximum atomic E-state index is 12.9. The van der Waals surface area contributed by atoms with Crippen LogP contribution in [0, 0.1) is 5.92 Å². The number of primary amides is 1. The first kappa shape index (κ1) is 23.6. The quantitative estimate of drug-likeness (QED) is 0.624. The van der Waals surface area contributed by atoms with Gasteiger partial charge in [-0.05, 0) is 12.0 Å². The molecule has 0 bridgehead atoms. The zero-order valence-corrected chi connectivity index (χ0v) is 18.6. The molecule has 9 heteroatoms. The van der Waals surface area contributed by atoms with Gasteiger partial charge in [0.15, 0.2) is 11.5 Å². The van der Waals surface area contributed by atoms with Crippen LogP contribution in [-0.2, 0) is 11.3 Å².